The Morgan fingerprint density at radius 2 is 1.95 bits per heavy atom. The smallest absolute Gasteiger partial charge is 0.289 e. The molecule has 1 aromatic rings. The van der Waals surface area contributed by atoms with Gasteiger partial charge in [0.2, 0.25) is 23.5 Å². The summed E-state index contributed by atoms with van der Waals surface area (Å²) in [6.07, 6.45) is 0.529. The van der Waals surface area contributed by atoms with Crippen molar-refractivity contribution in [3.05, 3.63) is 28.2 Å². The molecule has 12 heteroatoms. The number of anilines is 1. The molecule has 1 saturated carbocycles. The van der Waals surface area contributed by atoms with E-state index in [9.17, 15) is 24.0 Å². The van der Waals surface area contributed by atoms with E-state index in [1.54, 1.807) is 25.1 Å². The van der Waals surface area contributed by atoms with Gasteiger partial charge in [-0.05, 0) is 55.2 Å². The molecule has 2 heterocycles. The van der Waals surface area contributed by atoms with Crippen LogP contribution in [0.3, 0.4) is 0 Å². The second-order valence-electron chi connectivity index (χ2n) is 10.7. The first kappa shape index (κ1) is 28.2. The second kappa shape index (κ2) is 11.1. The van der Waals surface area contributed by atoms with Crippen molar-refractivity contribution in [1.82, 2.24) is 20.9 Å². The molecule has 2 saturated heterocycles. The van der Waals surface area contributed by atoms with Crippen molar-refractivity contribution in [2.45, 2.75) is 45.7 Å². The first-order chi connectivity index (χ1) is 17.9. The standard InChI is InChI=1S/C26H33Cl2N5O5/c1-4-29-25(38)22(35)18(9-13-7-8-30-23(13)36)32-24(37)21-20-15(26(20,2)3)12-33(21)19(34)11-31-17-6-5-14(27)10-16(17)28/h5-6,10,13,15,18,20-21,31H,4,7-9,11-12H2,1-3H3,(H,29,38)(H,30,36)(H,32,37)/t13-,15-,18-,20-,21-/m0/s1. The van der Waals surface area contributed by atoms with Crippen LogP contribution in [0.1, 0.15) is 33.6 Å². The van der Waals surface area contributed by atoms with Crippen LogP contribution in [0.15, 0.2) is 18.2 Å². The predicted octanol–water partition coefficient (Wildman–Crippen LogP) is 1.60. The number of carbonyl (C=O) groups excluding carboxylic acids is 5. The quantitative estimate of drug-likeness (QED) is 0.318. The number of piperidine rings is 1. The number of Topliss-reactive ketones (excluding diaryl/α,β-unsaturated/α-hetero) is 1. The summed E-state index contributed by atoms with van der Waals surface area (Å²) in [5, 5.41) is 11.8. The highest BCUT2D eigenvalue weighted by atomic mass is 35.5. The van der Waals surface area contributed by atoms with Crippen molar-refractivity contribution in [3.63, 3.8) is 0 Å². The highest BCUT2D eigenvalue weighted by molar-refractivity contribution is 6.38. The van der Waals surface area contributed by atoms with Crippen LogP contribution in [0.4, 0.5) is 5.69 Å². The molecule has 4 N–H and O–H groups in total. The second-order valence-corrected chi connectivity index (χ2v) is 11.6. The van der Waals surface area contributed by atoms with Crippen LogP contribution < -0.4 is 21.3 Å². The highest BCUT2D eigenvalue weighted by Gasteiger charge is 2.69. The molecule has 4 amide bonds. The molecule has 3 aliphatic rings. The molecule has 0 unspecified atom stereocenters. The van der Waals surface area contributed by atoms with Crippen molar-refractivity contribution in [2.75, 3.05) is 31.5 Å². The minimum absolute atomic E-state index is 0.0162. The summed E-state index contributed by atoms with van der Waals surface area (Å²) in [5.74, 6) is -3.05. The maximum Gasteiger partial charge on any atom is 0.289 e. The van der Waals surface area contributed by atoms with Gasteiger partial charge >= 0.3 is 0 Å². The Labute approximate surface area is 231 Å². The number of nitrogens with zero attached hydrogens (tertiary/aromatic N) is 1. The van der Waals surface area contributed by atoms with Crippen LogP contribution in [-0.4, -0.2) is 72.6 Å². The van der Waals surface area contributed by atoms with Gasteiger partial charge in [-0.2, -0.15) is 0 Å². The lowest BCUT2D eigenvalue weighted by molar-refractivity contribution is -0.143. The Kier molecular flexibility index (Phi) is 8.23. The van der Waals surface area contributed by atoms with E-state index in [4.69, 9.17) is 23.2 Å². The lowest BCUT2D eigenvalue weighted by Crippen LogP contribution is -2.56. The number of hydrogen-bond acceptors (Lipinski definition) is 6. The van der Waals surface area contributed by atoms with Crippen molar-refractivity contribution < 1.29 is 24.0 Å². The average molecular weight is 566 g/mol. The highest BCUT2D eigenvalue weighted by Crippen LogP contribution is 2.64. The number of halogens is 2. The molecule has 2 aliphatic heterocycles. The summed E-state index contributed by atoms with van der Waals surface area (Å²) < 4.78 is 0. The third kappa shape index (κ3) is 5.61. The first-order valence-electron chi connectivity index (χ1n) is 12.8. The molecular formula is C26H33Cl2N5O5. The summed E-state index contributed by atoms with van der Waals surface area (Å²) in [4.78, 5) is 65.9. The number of hydrogen-bond donors (Lipinski definition) is 4. The third-order valence-corrected chi connectivity index (χ3v) is 8.58. The number of likely N-dealkylation sites (tertiary alicyclic amines) is 1. The zero-order valence-electron chi connectivity index (χ0n) is 21.6. The molecule has 0 aromatic heterocycles. The van der Waals surface area contributed by atoms with Crippen LogP contribution >= 0.6 is 23.2 Å². The van der Waals surface area contributed by atoms with E-state index in [0.29, 0.717) is 35.2 Å². The van der Waals surface area contributed by atoms with Gasteiger partial charge in [0, 0.05) is 30.6 Å². The van der Waals surface area contributed by atoms with Crippen molar-refractivity contribution >= 4 is 58.3 Å². The number of nitrogens with one attached hydrogen (secondary N) is 4. The van der Waals surface area contributed by atoms with E-state index in [1.165, 1.54) is 4.90 Å². The fraction of sp³-hybridized carbons (Fsp3) is 0.577. The largest absolute Gasteiger partial charge is 0.375 e. The molecule has 0 radical (unpaired) electrons. The molecule has 206 valence electrons. The number of likely N-dealkylation sites (N-methyl/N-ethyl adjacent to an activating group) is 1. The van der Waals surface area contributed by atoms with E-state index in [-0.39, 0.29) is 48.6 Å². The Bertz CT molecular complexity index is 1160. The fourth-order valence-corrected chi connectivity index (χ4v) is 6.27. The maximum absolute atomic E-state index is 13.7. The van der Waals surface area contributed by atoms with Crippen molar-refractivity contribution in [1.29, 1.82) is 0 Å². The zero-order valence-corrected chi connectivity index (χ0v) is 23.1. The van der Waals surface area contributed by atoms with Gasteiger partial charge in [-0.25, -0.2) is 0 Å². The molecule has 4 rings (SSSR count). The average Bonchev–Trinajstić information content (AvgIpc) is 3.20. The number of fused-ring (bicyclic) bond motifs is 1. The Morgan fingerprint density at radius 3 is 2.58 bits per heavy atom. The SMILES string of the molecule is CCNC(=O)C(=O)[C@H](C[C@@H]1CCNC1=O)NC(=O)[C@@H]1[C@@H]2[C@H](CN1C(=O)CNc1ccc(Cl)cc1Cl)C2(C)C. The first-order valence-corrected chi connectivity index (χ1v) is 13.6. The summed E-state index contributed by atoms with van der Waals surface area (Å²) >= 11 is 12.1. The zero-order chi connectivity index (χ0) is 27.8. The van der Waals surface area contributed by atoms with E-state index >= 15 is 0 Å². The molecular weight excluding hydrogens is 533 g/mol. The van der Waals surface area contributed by atoms with Crippen LogP contribution in [0.2, 0.25) is 10.0 Å². The summed E-state index contributed by atoms with van der Waals surface area (Å²) in [7, 11) is 0. The van der Waals surface area contributed by atoms with Gasteiger partial charge in [-0.3, -0.25) is 24.0 Å². The summed E-state index contributed by atoms with van der Waals surface area (Å²) in [5.41, 5.74) is 0.397. The molecule has 3 fully saturated rings. The number of benzene rings is 1. The Morgan fingerprint density at radius 1 is 1.21 bits per heavy atom. The fourth-order valence-electron chi connectivity index (χ4n) is 5.80. The molecule has 10 nitrogen and oxygen atoms in total. The van der Waals surface area contributed by atoms with E-state index < -0.39 is 35.6 Å². The van der Waals surface area contributed by atoms with E-state index in [0.717, 1.165) is 0 Å². The Balaban J connectivity index is 1.49. The van der Waals surface area contributed by atoms with Crippen LogP contribution in [0.25, 0.3) is 0 Å². The van der Waals surface area contributed by atoms with Gasteiger partial charge in [-0.1, -0.05) is 37.0 Å². The number of carbonyl (C=O) groups is 5. The van der Waals surface area contributed by atoms with Crippen molar-refractivity contribution in [2.24, 2.45) is 23.2 Å². The van der Waals surface area contributed by atoms with Gasteiger partial charge in [0.05, 0.1) is 23.3 Å². The lowest BCUT2D eigenvalue weighted by Gasteiger charge is -2.31. The molecule has 0 bridgehead atoms. The number of rotatable bonds is 10. The van der Waals surface area contributed by atoms with Crippen LogP contribution in [0.5, 0.6) is 0 Å². The van der Waals surface area contributed by atoms with E-state index in [1.807, 2.05) is 0 Å². The van der Waals surface area contributed by atoms with Gasteiger partial charge in [-0.15, -0.1) is 0 Å². The number of ketones is 1. The lowest BCUT2D eigenvalue weighted by atomic mass is 9.94. The van der Waals surface area contributed by atoms with Crippen molar-refractivity contribution in [3.8, 4) is 0 Å². The van der Waals surface area contributed by atoms with E-state index in [2.05, 4.69) is 35.1 Å². The van der Waals surface area contributed by atoms with Gasteiger partial charge < -0.3 is 26.2 Å². The third-order valence-electron chi connectivity index (χ3n) is 8.04. The topological polar surface area (TPSA) is 137 Å². The monoisotopic (exact) mass is 565 g/mol. The molecule has 1 aliphatic carbocycles. The van der Waals surface area contributed by atoms with Crippen LogP contribution in [-0.2, 0) is 24.0 Å². The Hall–Kier alpha value is -2.85. The summed E-state index contributed by atoms with van der Waals surface area (Å²) in [6.45, 7) is 6.84. The summed E-state index contributed by atoms with van der Waals surface area (Å²) in [6, 6.07) is 2.92. The molecule has 38 heavy (non-hydrogen) atoms. The molecule has 5 atom stereocenters. The van der Waals surface area contributed by atoms with Gasteiger partial charge in [0.1, 0.15) is 6.04 Å². The minimum Gasteiger partial charge on any atom is -0.375 e. The molecule has 1 aromatic carbocycles. The van der Waals surface area contributed by atoms with Gasteiger partial charge in [0.25, 0.3) is 5.91 Å². The number of amides is 4. The predicted molar refractivity (Wildman–Crippen MR) is 143 cm³/mol. The van der Waals surface area contributed by atoms with Gasteiger partial charge in [0.15, 0.2) is 0 Å². The maximum atomic E-state index is 13.7. The normalized spacial score (nSPS) is 25.7. The molecule has 0 spiro atoms. The van der Waals surface area contributed by atoms with Crippen LogP contribution in [0, 0.1) is 23.2 Å². The minimum atomic E-state index is -1.17.